The molecule has 1 heterocycles. The van der Waals surface area contributed by atoms with Gasteiger partial charge in [0.05, 0.1) is 4.90 Å². The predicted molar refractivity (Wildman–Crippen MR) is 86.9 cm³/mol. The monoisotopic (exact) mass is 334 g/mol. The van der Waals surface area contributed by atoms with Gasteiger partial charge in [-0.1, -0.05) is 30.3 Å². The number of hydrogen-bond acceptors (Lipinski definition) is 3. The molecule has 6 heteroatoms. The van der Waals surface area contributed by atoms with Crippen LogP contribution in [-0.2, 0) is 16.6 Å². The van der Waals surface area contributed by atoms with Crippen LogP contribution in [0.4, 0.5) is 4.39 Å². The van der Waals surface area contributed by atoms with Crippen LogP contribution >= 0.6 is 0 Å². The summed E-state index contributed by atoms with van der Waals surface area (Å²) in [6, 6.07) is 15.1. The second-order valence-electron chi connectivity index (χ2n) is 5.62. The van der Waals surface area contributed by atoms with Crippen LogP contribution in [0.5, 0.6) is 0 Å². The first kappa shape index (κ1) is 16.1. The molecule has 0 bridgehead atoms. The maximum atomic E-state index is 13.0. The molecule has 0 unspecified atom stereocenters. The van der Waals surface area contributed by atoms with E-state index in [9.17, 15) is 12.8 Å². The average molecular weight is 334 g/mol. The number of hydrogen-bond donors (Lipinski definition) is 0. The van der Waals surface area contributed by atoms with E-state index < -0.39 is 15.8 Å². The van der Waals surface area contributed by atoms with E-state index in [1.54, 1.807) is 0 Å². The van der Waals surface area contributed by atoms with Gasteiger partial charge in [-0.2, -0.15) is 4.31 Å². The Hall–Kier alpha value is -1.76. The predicted octanol–water partition coefficient (Wildman–Crippen LogP) is 2.33. The largest absolute Gasteiger partial charge is 0.296 e. The van der Waals surface area contributed by atoms with Gasteiger partial charge in [-0.25, -0.2) is 12.8 Å². The number of piperazine rings is 1. The molecule has 0 saturated carbocycles. The molecule has 0 atom stereocenters. The van der Waals surface area contributed by atoms with Crippen LogP contribution in [0, 0.1) is 5.82 Å². The summed E-state index contributed by atoms with van der Waals surface area (Å²) in [5.41, 5.74) is 1.22. The number of benzene rings is 2. The van der Waals surface area contributed by atoms with Gasteiger partial charge in [-0.3, -0.25) is 4.90 Å². The summed E-state index contributed by atoms with van der Waals surface area (Å²) in [5, 5.41) is 0. The van der Waals surface area contributed by atoms with Gasteiger partial charge >= 0.3 is 0 Å². The molecule has 0 radical (unpaired) electrons. The zero-order valence-corrected chi connectivity index (χ0v) is 13.5. The van der Waals surface area contributed by atoms with Crippen molar-refractivity contribution in [2.24, 2.45) is 0 Å². The minimum absolute atomic E-state index is 0.149. The zero-order chi connectivity index (χ0) is 16.3. The summed E-state index contributed by atoms with van der Waals surface area (Å²) in [4.78, 5) is 2.39. The molecule has 122 valence electrons. The van der Waals surface area contributed by atoms with Gasteiger partial charge < -0.3 is 0 Å². The third kappa shape index (κ3) is 3.77. The van der Waals surface area contributed by atoms with Crippen molar-refractivity contribution in [3.63, 3.8) is 0 Å². The van der Waals surface area contributed by atoms with Crippen LogP contribution < -0.4 is 0 Å². The number of rotatable bonds is 4. The zero-order valence-electron chi connectivity index (χ0n) is 12.7. The van der Waals surface area contributed by atoms with Gasteiger partial charge in [-0.05, 0) is 29.8 Å². The Balaban J connectivity index is 1.63. The van der Waals surface area contributed by atoms with Crippen LogP contribution in [0.15, 0.2) is 59.5 Å². The fourth-order valence-corrected chi connectivity index (χ4v) is 4.15. The molecule has 0 aliphatic carbocycles. The van der Waals surface area contributed by atoms with E-state index in [4.69, 9.17) is 0 Å². The van der Waals surface area contributed by atoms with E-state index in [1.807, 2.05) is 18.2 Å². The Morgan fingerprint density at radius 2 is 1.48 bits per heavy atom. The quantitative estimate of drug-likeness (QED) is 0.862. The maximum Gasteiger partial charge on any atom is 0.243 e. The molecule has 0 amide bonds. The lowest BCUT2D eigenvalue weighted by Crippen LogP contribution is -2.48. The third-order valence-corrected chi connectivity index (χ3v) is 5.94. The van der Waals surface area contributed by atoms with E-state index in [2.05, 4.69) is 17.0 Å². The lowest BCUT2D eigenvalue weighted by atomic mass is 10.2. The van der Waals surface area contributed by atoms with Gasteiger partial charge in [0, 0.05) is 32.7 Å². The molecule has 1 aliphatic heterocycles. The normalized spacial score (nSPS) is 17.3. The number of nitrogens with zero attached hydrogens (tertiary/aromatic N) is 2. The molecule has 2 aromatic rings. The van der Waals surface area contributed by atoms with Gasteiger partial charge in [0.15, 0.2) is 0 Å². The highest BCUT2D eigenvalue weighted by Gasteiger charge is 2.28. The van der Waals surface area contributed by atoms with Crippen molar-refractivity contribution in [1.82, 2.24) is 9.21 Å². The standard InChI is InChI=1S/C17H19FN2O2S/c18-16-6-8-17(9-7-16)23(21,22)20-12-10-19(11-13-20)14-15-4-2-1-3-5-15/h1-9H,10-14H2. The summed E-state index contributed by atoms with van der Waals surface area (Å²) in [6.45, 7) is 3.11. The molecular formula is C17H19FN2O2S. The summed E-state index contributed by atoms with van der Waals surface area (Å²) < 4.78 is 39.5. The molecule has 1 saturated heterocycles. The van der Waals surface area contributed by atoms with E-state index in [0.717, 1.165) is 6.54 Å². The minimum atomic E-state index is -3.54. The van der Waals surface area contributed by atoms with Crippen molar-refractivity contribution < 1.29 is 12.8 Å². The molecular weight excluding hydrogens is 315 g/mol. The summed E-state index contributed by atoms with van der Waals surface area (Å²) >= 11 is 0. The molecule has 0 aromatic heterocycles. The Kier molecular flexibility index (Phi) is 4.75. The lowest BCUT2D eigenvalue weighted by Gasteiger charge is -2.34. The van der Waals surface area contributed by atoms with Crippen molar-refractivity contribution in [1.29, 1.82) is 0 Å². The fourth-order valence-electron chi connectivity index (χ4n) is 2.73. The highest BCUT2D eigenvalue weighted by Crippen LogP contribution is 2.18. The summed E-state index contributed by atoms with van der Waals surface area (Å²) in [6.07, 6.45) is 0. The van der Waals surface area contributed by atoms with Crippen LogP contribution in [0.1, 0.15) is 5.56 Å². The lowest BCUT2D eigenvalue weighted by molar-refractivity contribution is 0.181. The maximum absolute atomic E-state index is 13.0. The molecule has 1 aliphatic rings. The van der Waals surface area contributed by atoms with Crippen LogP contribution in [0.25, 0.3) is 0 Å². The average Bonchev–Trinajstić information content (AvgIpc) is 2.57. The van der Waals surface area contributed by atoms with E-state index >= 15 is 0 Å². The van der Waals surface area contributed by atoms with E-state index in [-0.39, 0.29) is 4.90 Å². The number of halogens is 1. The molecule has 4 nitrogen and oxygen atoms in total. The van der Waals surface area contributed by atoms with E-state index in [0.29, 0.717) is 26.2 Å². The van der Waals surface area contributed by atoms with Crippen molar-refractivity contribution in [2.45, 2.75) is 11.4 Å². The smallest absolute Gasteiger partial charge is 0.243 e. The molecule has 0 spiro atoms. The Labute approximate surface area is 136 Å². The molecule has 23 heavy (non-hydrogen) atoms. The van der Waals surface area contributed by atoms with Gasteiger partial charge in [0.25, 0.3) is 0 Å². The molecule has 1 fully saturated rings. The van der Waals surface area contributed by atoms with Gasteiger partial charge in [0.2, 0.25) is 10.0 Å². The topological polar surface area (TPSA) is 40.6 Å². The highest BCUT2D eigenvalue weighted by atomic mass is 32.2. The highest BCUT2D eigenvalue weighted by molar-refractivity contribution is 7.89. The Morgan fingerprint density at radius 1 is 0.870 bits per heavy atom. The first-order chi connectivity index (χ1) is 11.1. The van der Waals surface area contributed by atoms with Crippen molar-refractivity contribution >= 4 is 10.0 Å². The van der Waals surface area contributed by atoms with Crippen LogP contribution in [-0.4, -0.2) is 43.8 Å². The van der Waals surface area contributed by atoms with Gasteiger partial charge in [-0.15, -0.1) is 0 Å². The van der Waals surface area contributed by atoms with Gasteiger partial charge in [0.1, 0.15) is 5.82 Å². The van der Waals surface area contributed by atoms with Crippen molar-refractivity contribution in [3.8, 4) is 0 Å². The Bertz CT molecular complexity index is 740. The minimum Gasteiger partial charge on any atom is -0.296 e. The van der Waals surface area contributed by atoms with Crippen molar-refractivity contribution in [2.75, 3.05) is 26.2 Å². The van der Waals surface area contributed by atoms with Crippen molar-refractivity contribution in [3.05, 3.63) is 66.0 Å². The Morgan fingerprint density at radius 3 is 2.09 bits per heavy atom. The molecule has 3 rings (SSSR count). The SMILES string of the molecule is O=S(=O)(c1ccc(F)cc1)N1CCN(Cc2ccccc2)CC1. The second kappa shape index (κ2) is 6.78. The van der Waals surface area contributed by atoms with Crippen LogP contribution in [0.3, 0.4) is 0 Å². The third-order valence-electron chi connectivity index (χ3n) is 4.03. The summed E-state index contributed by atoms with van der Waals surface area (Å²) in [7, 11) is -3.54. The van der Waals surface area contributed by atoms with Crippen LogP contribution in [0.2, 0.25) is 0 Å². The number of sulfonamides is 1. The first-order valence-corrected chi connectivity index (χ1v) is 9.02. The summed E-state index contributed by atoms with van der Waals surface area (Å²) in [5.74, 6) is -0.434. The second-order valence-corrected chi connectivity index (χ2v) is 7.56. The fraction of sp³-hybridized carbons (Fsp3) is 0.294. The molecule has 0 N–H and O–H groups in total. The van der Waals surface area contributed by atoms with E-state index in [1.165, 1.54) is 34.1 Å². The molecule has 2 aromatic carbocycles. The first-order valence-electron chi connectivity index (χ1n) is 7.58.